The van der Waals surface area contributed by atoms with E-state index in [-0.39, 0.29) is 10.8 Å². The fourth-order valence-electron chi connectivity index (χ4n) is 9.74. The van der Waals surface area contributed by atoms with Crippen LogP contribution in [0.1, 0.15) is 62.8 Å². The zero-order valence-electron chi connectivity index (χ0n) is 31.2. The molecular weight excluding hydrogens is 663 g/mol. The van der Waals surface area contributed by atoms with Crippen LogP contribution < -0.4 is 15.8 Å². The first kappa shape index (κ1) is 31.3. The van der Waals surface area contributed by atoms with Gasteiger partial charge in [0.25, 0.3) is 0 Å². The van der Waals surface area contributed by atoms with Gasteiger partial charge in [-0.15, -0.1) is 11.3 Å². The van der Waals surface area contributed by atoms with E-state index in [0.717, 1.165) is 23.8 Å². The highest BCUT2D eigenvalue weighted by Crippen LogP contribution is 2.50. The van der Waals surface area contributed by atoms with Gasteiger partial charge < -0.3 is 14.3 Å². The molecular formula is C48H41BN2OS. The molecule has 1 N–H and O–H groups in total. The van der Waals surface area contributed by atoms with Crippen LogP contribution in [0.15, 0.2) is 108 Å². The van der Waals surface area contributed by atoms with Crippen LogP contribution in [0.4, 0.5) is 17.1 Å². The van der Waals surface area contributed by atoms with Gasteiger partial charge in [0, 0.05) is 54.3 Å². The first-order valence-corrected chi connectivity index (χ1v) is 19.8. The SMILES string of the molecule is Cc1cc(-c2cccc3c2[nH]c2sc4ccccc4c23)c2c(c1)N(c1cc3c(cc1C)C(C)(C)CCC3(C)C)c1cc3c(cc1B2)oc1ccccc13. The zero-order chi connectivity index (χ0) is 36.0. The zero-order valence-corrected chi connectivity index (χ0v) is 32.0. The summed E-state index contributed by atoms with van der Waals surface area (Å²) >= 11 is 1.85. The summed E-state index contributed by atoms with van der Waals surface area (Å²) < 4.78 is 7.85. The van der Waals surface area contributed by atoms with E-state index in [4.69, 9.17) is 4.42 Å². The topological polar surface area (TPSA) is 32.2 Å². The van der Waals surface area contributed by atoms with Crippen LogP contribution in [-0.4, -0.2) is 12.3 Å². The molecule has 1 aliphatic carbocycles. The van der Waals surface area contributed by atoms with E-state index in [2.05, 4.69) is 155 Å². The molecule has 0 spiro atoms. The summed E-state index contributed by atoms with van der Waals surface area (Å²) in [5, 5.41) is 6.28. The fourth-order valence-corrected chi connectivity index (χ4v) is 10.9. The fraction of sp³-hybridized carbons (Fsp3) is 0.208. The standard InChI is InChI=1S/C48H41BN2OS/c1-26-20-33(29-14-11-15-31-43-30-13-8-10-17-42(30)53-46(43)50-45(29)31)44-39(21-26)51(37-24-35-34(22-27(37)2)47(3,4)18-19-48(35,5)6)38-23-32-28-12-7-9-16-40(28)52-41(32)25-36(38)49-44/h7-17,20-25,49-50H,18-19H2,1-6H3. The van der Waals surface area contributed by atoms with Gasteiger partial charge >= 0.3 is 0 Å². The van der Waals surface area contributed by atoms with Crippen molar-refractivity contribution < 1.29 is 4.42 Å². The summed E-state index contributed by atoms with van der Waals surface area (Å²) in [6.45, 7) is 14.3. The number of aromatic amines is 1. The predicted molar refractivity (Wildman–Crippen MR) is 230 cm³/mol. The minimum Gasteiger partial charge on any atom is -0.456 e. The van der Waals surface area contributed by atoms with Crippen LogP contribution in [0.25, 0.3) is 64.3 Å². The third kappa shape index (κ3) is 4.41. The van der Waals surface area contributed by atoms with Gasteiger partial charge in [-0.2, -0.15) is 0 Å². The normalized spacial score (nSPS) is 16.0. The van der Waals surface area contributed by atoms with Crippen LogP contribution >= 0.6 is 11.3 Å². The van der Waals surface area contributed by atoms with Crippen LogP contribution in [0, 0.1) is 13.8 Å². The lowest BCUT2D eigenvalue weighted by Gasteiger charge is -2.43. The Labute approximate surface area is 314 Å². The van der Waals surface area contributed by atoms with Crippen molar-refractivity contribution in [1.82, 2.24) is 4.98 Å². The Morgan fingerprint density at radius 1 is 0.660 bits per heavy atom. The summed E-state index contributed by atoms with van der Waals surface area (Å²) in [5.41, 5.74) is 17.9. The first-order chi connectivity index (χ1) is 25.6. The van der Waals surface area contributed by atoms with E-state index in [9.17, 15) is 0 Å². The van der Waals surface area contributed by atoms with Crippen molar-refractivity contribution in [3.05, 3.63) is 125 Å². The number of benzene rings is 6. The number of nitrogens with zero attached hydrogens (tertiary/aromatic N) is 1. The average Bonchev–Trinajstić information content (AvgIpc) is 3.81. The number of hydrogen-bond acceptors (Lipinski definition) is 3. The van der Waals surface area contributed by atoms with Gasteiger partial charge in [-0.05, 0) is 107 Å². The second-order valence-corrected chi connectivity index (χ2v) is 18.1. The quantitative estimate of drug-likeness (QED) is 0.182. The first-order valence-electron chi connectivity index (χ1n) is 19.0. The number of rotatable bonds is 2. The molecule has 0 amide bonds. The number of aromatic nitrogens is 1. The van der Waals surface area contributed by atoms with Crippen molar-refractivity contribution in [1.29, 1.82) is 0 Å². The molecule has 0 saturated carbocycles. The van der Waals surface area contributed by atoms with Crippen molar-refractivity contribution in [3.63, 3.8) is 0 Å². The van der Waals surface area contributed by atoms with Gasteiger partial charge in [0.15, 0.2) is 7.28 Å². The third-order valence-corrected chi connectivity index (χ3v) is 13.8. The number of para-hydroxylation sites is 2. The highest BCUT2D eigenvalue weighted by Gasteiger charge is 2.39. The summed E-state index contributed by atoms with van der Waals surface area (Å²) in [4.78, 5) is 7.75. The molecule has 3 aromatic heterocycles. The van der Waals surface area contributed by atoms with Crippen molar-refractivity contribution in [2.45, 2.75) is 65.2 Å². The van der Waals surface area contributed by atoms with Crippen LogP contribution in [0.3, 0.4) is 0 Å². The largest absolute Gasteiger partial charge is 0.456 e. The Morgan fingerprint density at radius 3 is 2.23 bits per heavy atom. The lowest BCUT2D eigenvalue weighted by molar-refractivity contribution is 0.332. The van der Waals surface area contributed by atoms with Gasteiger partial charge in [0.2, 0.25) is 0 Å². The number of nitrogens with one attached hydrogen (secondary N) is 1. The second-order valence-electron chi connectivity index (χ2n) is 17.0. The van der Waals surface area contributed by atoms with E-state index in [1.54, 1.807) is 0 Å². The molecule has 0 atom stereocenters. The van der Waals surface area contributed by atoms with Crippen LogP contribution in [0.2, 0.25) is 0 Å². The maximum absolute atomic E-state index is 6.52. The van der Waals surface area contributed by atoms with Gasteiger partial charge in [-0.1, -0.05) is 99.9 Å². The summed E-state index contributed by atoms with van der Waals surface area (Å²) in [6, 6.07) is 38.7. The monoisotopic (exact) mass is 704 g/mol. The van der Waals surface area contributed by atoms with E-state index in [0.29, 0.717) is 0 Å². The smallest absolute Gasteiger partial charge is 0.198 e. The Hall–Kier alpha value is -5.26. The van der Waals surface area contributed by atoms with Crippen molar-refractivity contribution in [2.75, 3.05) is 4.90 Å². The highest BCUT2D eigenvalue weighted by atomic mass is 32.1. The summed E-state index contributed by atoms with van der Waals surface area (Å²) in [7, 11) is 0.820. The maximum atomic E-state index is 6.52. The van der Waals surface area contributed by atoms with Gasteiger partial charge in [-0.25, -0.2) is 0 Å². The average molecular weight is 705 g/mol. The summed E-state index contributed by atoms with van der Waals surface area (Å²) in [5.74, 6) is 0. The van der Waals surface area contributed by atoms with E-state index >= 15 is 0 Å². The minimum atomic E-state index is 0.0948. The highest BCUT2D eigenvalue weighted by molar-refractivity contribution is 7.25. The van der Waals surface area contributed by atoms with Crippen molar-refractivity contribution in [2.24, 2.45) is 0 Å². The molecule has 3 nitrogen and oxygen atoms in total. The Morgan fingerprint density at radius 2 is 1.40 bits per heavy atom. The lowest BCUT2D eigenvalue weighted by atomic mass is 9.57. The van der Waals surface area contributed by atoms with Crippen molar-refractivity contribution in [3.8, 4) is 11.1 Å². The molecule has 5 heteroatoms. The number of fused-ring (bicyclic) bond motifs is 11. The molecule has 4 heterocycles. The number of anilines is 3. The number of H-pyrrole nitrogens is 1. The molecule has 0 unspecified atom stereocenters. The molecule has 258 valence electrons. The van der Waals surface area contributed by atoms with Crippen LogP contribution in [-0.2, 0) is 10.8 Å². The second kappa shape index (κ2) is 10.7. The van der Waals surface area contributed by atoms with Crippen LogP contribution in [0.5, 0.6) is 0 Å². The Kier molecular flexibility index (Phi) is 6.30. The molecule has 0 bridgehead atoms. The summed E-state index contributed by atoms with van der Waals surface area (Å²) in [6.07, 6.45) is 2.38. The molecule has 9 aromatic rings. The van der Waals surface area contributed by atoms with Gasteiger partial charge in [-0.3, -0.25) is 0 Å². The number of furan rings is 1. The molecule has 1 aliphatic heterocycles. The minimum absolute atomic E-state index is 0.0948. The molecule has 53 heavy (non-hydrogen) atoms. The van der Waals surface area contributed by atoms with E-state index in [1.807, 2.05) is 11.3 Å². The Balaban J connectivity index is 1.21. The van der Waals surface area contributed by atoms with Crippen molar-refractivity contribution >= 4 is 99.7 Å². The third-order valence-electron chi connectivity index (χ3n) is 12.7. The molecule has 11 rings (SSSR count). The predicted octanol–water partition coefficient (Wildman–Crippen LogP) is 12.2. The van der Waals surface area contributed by atoms with Gasteiger partial charge in [0.05, 0.1) is 5.52 Å². The Bertz CT molecular complexity index is 3030. The van der Waals surface area contributed by atoms with E-state index < -0.39 is 0 Å². The molecule has 0 saturated heterocycles. The molecule has 0 fully saturated rings. The number of hydrogen-bond donors (Lipinski definition) is 1. The number of thiophene rings is 1. The number of aryl methyl sites for hydroxylation is 2. The molecule has 6 aromatic carbocycles. The molecule has 0 radical (unpaired) electrons. The van der Waals surface area contributed by atoms with E-state index in [1.165, 1.54) is 111 Å². The molecule has 2 aliphatic rings. The lowest BCUT2D eigenvalue weighted by Crippen LogP contribution is -2.41. The van der Waals surface area contributed by atoms with Gasteiger partial charge in [0.1, 0.15) is 16.0 Å². The maximum Gasteiger partial charge on any atom is 0.198 e.